The summed E-state index contributed by atoms with van der Waals surface area (Å²) in [7, 11) is 3.14. The second-order valence-corrected chi connectivity index (χ2v) is 6.75. The number of rotatable bonds is 3. The molecule has 0 bridgehead atoms. The predicted molar refractivity (Wildman–Crippen MR) is 101 cm³/mol. The van der Waals surface area contributed by atoms with E-state index in [1.807, 2.05) is 23.1 Å². The van der Waals surface area contributed by atoms with Crippen LogP contribution in [0.4, 0.5) is 0 Å². The van der Waals surface area contributed by atoms with Crippen molar-refractivity contribution in [2.45, 2.75) is 13.0 Å². The van der Waals surface area contributed by atoms with Gasteiger partial charge >= 0.3 is 0 Å². The highest BCUT2D eigenvalue weighted by Crippen LogP contribution is 2.32. The predicted octanol–water partition coefficient (Wildman–Crippen LogP) is 4.04. The number of amides is 1. The van der Waals surface area contributed by atoms with Crippen molar-refractivity contribution in [2.24, 2.45) is 0 Å². The lowest BCUT2D eigenvalue weighted by molar-refractivity contribution is 0.0734. The van der Waals surface area contributed by atoms with E-state index in [9.17, 15) is 4.79 Å². The first-order valence-electron chi connectivity index (χ1n) is 8.41. The van der Waals surface area contributed by atoms with Crippen LogP contribution in [0.3, 0.4) is 0 Å². The molecule has 26 heavy (non-hydrogen) atoms. The largest absolute Gasteiger partial charge is 0.493 e. The fraction of sp³-hybridized carbons (Fsp3) is 0.250. The molecule has 1 N–H and O–H groups in total. The Bertz CT molecular complexity index is 996. The van der Waals surface area contributed by atoms with Crippen molar-refractivity contribution in [1.82, 2.24) is 9.88 Å². The summed E-state index contributed by atoms with van der Waals surface area (Å²) in [4.78, 5) is 18.3. The standard InChI is InChI=1S/C20H19ClN2O3/c1-25-18-6-3-12(9-19(18)26-2)20(24)23-8-7-16-15(11-23)14-5-4-13(21)10-17(14)22-16/h3-6,9-10,22H,7-8,11H2,1-2H3. The summed E-state index contributed by atoms with van der Waals surface area (Å²) in [6, 6.07) is 11.1. The smallest absolute Gasteiger partial charge is 0.254 e. The van der Waals surface area contributed by atoms with Gasteiger partial charge in [-0.05, 0) is 30.3 Å². The summed E-state index contributed by atoms with van der Waals surface area (Å²) in [6.07, 6.45) is 0.792. The number of carbonyl (C=O) groups excluding carboxylic acids is 1. The Labute approximate surface area is 156 Å². The summed E-state index contributed by atoms with van der Waals surface area (Å²) in [5.74, 6) is 1.15. The molecule has 3 aromatic rings. The minimum atomic E-state index is -0.0140. The molecule has 5 nitrogen and oxygen atoms in total. The van der Waals surface area contributed by atoms with Gasteiger partial charge in [0.25, 0.3) is 5.91 Å². The number of aromatic nitrogens is 1. The monoisotopic (exact) mass is 370 g/mol. The minimum Gasteiger partial charge on any atom is -0.493 e. The average molecular weight is 371 g/mol. The van der Waals surface area contributed by atoms with Crippen LogP contribution < -0.4 is 9.47 Å². The molecule has 0 saturated carbocycles. The van der Waals surface area contributed by atoms with Gasteiger partial charge < -0.3 is 19.4 Å². The Hall–Kier alpha value is -2.66. The third-order valence-corrected chi connectivity index (χ3v) is 5.09. The van der Waals surface area contributed by atoms with E-state index < -0.39 is 0 Å². The van der Waals surface area contributed by atoms with Crippen LogP contribution in [0.1, 0.15) is 21.6 Å². The van der Waals surface area contributed by atoms with Crippen molar-refractivity contribution >= 4 is 28.4 Å². The number of nitrogens with one attached hydrogen (secondary N) is 1. The van der Waals surface area contributed by atoms with Gasteiger partial charge in [-0.15, -0.1) is 0 Å². The van der Waals surface area contributed by atoms with E-state index >= 15 is 0 Å². The second-order valence-electron chi connectivity index (χ2n) is 6.32. The van der Waals surface area contributed by atoms with Gasteiger partial charge in [0.15, 0.2) is 11.5 Å². The molecule has 1 aromatic heterocycles. The summed E-state index contributed by atoms with van der Waals surface area (Å²) in [6.45, 7) is 1.24. The molecule has 0 spiro atoms. The van der Waals surface area contributed by atoms with Gasteiger partial charge in [0, 0.05) is 52.3 Å². The Morgan fingerprint density at radius 2 is 1.92 bits per heavy atom. The minimum absolute atomic E-state index is 0.0140. The van der Waals surface area contributed by atoms with Crippen molar-refractivity contribution in [1.29, 1.82) is 0 Å². The lowest BCUT2D eigenvalue weighted by Gasteiger charge is -2.27. The molecular weight excluding hydrogens is 352 g/mol. The summed E-state index contributed by atoms with van der Waals surface area (Å²) in [5.41, 5.74) is 3.95. The third-order valence-electron chi connectivity index (χ3n) is 4.85. The zero-order chi connectivity index (χ0) is 18.3. The van der Waals surface area contributed by atoms with Gasteiger partial charge in [-0.1, -0.05) is 17.7 Å². The van der Waals surface area contributed by atoms with E-state index in [4.69, 9.17) is 21.1 Å². The zero-order valence-corrected chi connectivity index (χ0v) is 15.4. The maximum atomic E-state index is 13.0. The van der Waals surface area contributed by atoms with Crippen LogP contribution in [0.2, 0.25) is 5.02 Å². The first-order valence-corrected chi connectivity index (χ1v) is 8.79. The number of fused-ring (bicyclic) bond motifs is 3. The van der Waals surface area contributed by atoms with Gasteiger partial charge in [-0.2, -0.15) is 0 Å². The molecule has 2 aromatic carbocycles. The number of nitrogens with zero attached hydrogens (tertiary/aromatic N) is 1. The highest BCUT2D eigenvalue weighted by atomic mass is 35.5. The first kappa shape index (κ1) is 16.8. The molecule has 1 aliphatic heterocycles. The lowest BCUT2D eigenvalue weighted by Crippen LogP contribution is -2.35. The molecule has 0 atom stereocenters. The number of halogens is 1. The second kappa shape index (κ2) is 6.57. The van der Waals surface area contributed by atoms with Crippen molar-refractivity contribution in [2.75, 3.05) is 20.8 Å². The van der Waals surface area contributed by atoms with Gasteiger partial charge in [0.05, 0.1) is 14.2 Å². The number of H-pyrrole nitrogens is 1. The van der Waals surface area contributed by atoms with E-state index in [0.717, 1.165) is 22.9 Å². The molecule has 134 valence electrons. The molecule has 0 saturated heterocycles. The third kappa shape index (κ3) is 2.78. The van der Waals surface area contributed by atoms with Gasteiger partial charge in [-0.25, -0.2) is 0 Å². The van der Waals surface area contributed by atoms with Gasteiger partial charge in [0.2, 0.25) is 0 Å². The fourth-order valence-electron chi connectivity index (χ4n) is 3.52. The fourth-order valence-corrected chi connectivity index (χ4v) is 3.69. The molecule has 0 radical (unpaired) electrons. The first-order chi connectivity index (χ1) is 12.6. The molecular formula is C20H19ClN2O3. The van der Waals surface area contributed by atoms with Crippen LogP contribution in [0, 0.1) is 0 Å². The van der Waals surface area contributed by atoms with Crippen molar-refractivity contribution < 1.29 is 14.3 Å². The van der Waals surface area contributed by atoms with Gasteiger partial charge in [-0.3, -0.25) is 4.79 Å². The SMILES string of the molecule is COc1ccc(C(=O)N2CCc3[nH]c4cc(Cl)ccc4c3C2)cc1OC. The van der Waals surface area contributed by atoms with Crippen LogP contribution in [0.25, 0.3) is 10.9 Å². The van der Waals surface area contributed by atoms with Crippen molar-refractivity contribution in [3.05, 3.63) is 58.2 Å². The van der Waals surface area contributed by atoms with Crippen molar-refractivity contribution in [3.63, 3.8) is 0 Å². The highest BCUT2D eigenvalue weighted by Gasteiger charge is 2.25. The summed E-state index contributed by atoms with van der Waals surface area (Å²) >= 11 is 6.09. The normalized spacial score (nSPS) is 13.6. The number of hydrogen-bond acceptors (Lipinski definition) is 3. The Balaban J connectivity index is 1.64. The summed E-state index contributed by atoms with van der Waals surface area (Å²) in [5, 5.41) is 1.82. The van der Waals surface area contributed by atoms with E-state index in [1.165, 1.54) is 5.69 Å². The van der Waals surface area contributed by atoms with Gasteiger partial charge in [0.1, 0.15) is 0 Å². The van der Waals surface area contributed by atoms with Crippen molar-refractivity contribution in [3.8, 4) is 11.5 Å². The Morgan fingerprint density at radius 3 is 2.69 bits per heavy atom. The number of hydrogen-bond donors (Lipinski definition) is 1. The molecule has 2 heterocycles. The van der Waals surface area contributed by atoms with Crippen LogP contribution in [0.5, 0.6) is 11.5 Å². The number of carbonyl (C=O) groups is 1. The van der Waals surface area contributed by atoms with Crippen LogP contribution in [-0.4, -0.2) is 36.6 Å². The molecule has 0 fully saturated rings. The lowest BCUT2D eigenvalue weighted by atomic mass is 10.0. The maximum Gasteiger partial charge on any atom is 0.254 e. The summed E-state index contributed by atoms with van der Waals surface area (Å²) < 4.78 is 10.6. The maximum absolute atomic E-state index is 13.0. The zero-order valence-electron chi connectivity index (χ0n) is 14.6. The molecule has 6 heteroatoms. The molecule has 4 rings (SSSR count). The Kier molecular flexibility index (Phi) is 4.24. The molecule has 1 aliphatic rings. The number of benzene rings is 2. The quantitative estimate of drug-likeness (QED) is 0.757. The average Bonchev–Trinajstić information content (AvgIpc) is 3.03. The Morgan fingerprint density at radius 1 is 1.12 bits per heavy atom. The number of aromatic amines is 1. The van der Waals surface area contributed by atoms with E-state index in [0.29, 0.717) is 35.2 Å². The molecule has 1 amide bonds. The number of methoxy groups -OCH3 is 2. The highest BCUT2D eigenvalue weighted by molar-refractivity contribution is 6.31. The van der Waals surface area contributed by atoms with Crippen LogP contribution in [0.15, 0.2) is 36.4 Å². The molecule has 0 aliphatic carbocycles. The topological polar surface area (TPSA) is 54.6 Å². The number of ether oxygens (including phenoxy) is 2. The van der Waals surface area contributed by atoms with Crippen LogP contribution in [-0.2, 0) is 13.0 Å². The van der Waals surface area contributed by atoms with E-state index in [-0.39, 0.29) is 5.91 Å². The molecule has 0 unspecified atom stereocenters. The van der Waals surface area contributed by atoms with Crippen LogP contribution >= 0.6 is 11.6 Å². The van der Waals surface area contributed by atoms with E-state index in [1.54, 1.807) is 32.4 Å². The van der Waals surface area contributed by atoms with E-state index in [2.05, 4.69) is 4.98 Å².